The Morgan fingerprint density at radius 1 is 0.708 bits per heavy atom. The van der Waals surface area contributed by atoms with Crippen LogP contribution in [0.15, 0.2) is 4.99 Å². The van der Waals surface area contributed by atoms with Crippen molar-refractivity contribution in [3.8, 4) is 0 Å². The Morgan fingerprint density at radius 3 is 1.69 bits per heavy atom. The molecule has 0 saturated heterocycles. The molecule has 0 heterocycles. The van der Waals surface area contributed by atoms with E-state index in [2.05, 4.69) is 31.6 Å². The molecular formula is C30H57N9O8S. The molecule has 48 heavy (non-hydrogen) atoms. The molecule has 0 unspecified atom stereocenters. The van der Waals surface area contributed by atoms with Gasteiger partial charge in [-0.1, -0.05) is 27.7 Å². The number of nitrogens with one attached hydrogen (secondary N) is 5. The highest BCUT2D eigenvalue weighted by molar-refractivity contribution is 7.98. The number of carbonyl (C=O) groups excluding carboxylic acids is 5. The van der Waals surface area contributed by atoms with Gasteiger partial charge in [0, 0.05) is 6.54 Å². The summed E-state index contributed by atoms with van der Waals surface area (Å²) >= 11 is 1.42. The van der Waals surface area contributed by atoms with Crippen molar-refractivity contribution in [1.82, 2.24) is 26.6 Å². The molecule has 5 amide bonds. The highest BCUT2D eigenvalue weighted by atomic mass is 32.2. The third-order valence-electron chi connectivity index (χ3n) is 7.02. The Bertz CT molecular complexity index is 1100. The van der Waals surface area contributed by atoms with Crippen LogP contribution in [-0.4, -0.2) is 113 Å². The van der Waals surface area contributed by atoms with Gasteiger partial charge in [0.15, 0.2) is 12.0 Å². The minimum Gasteiger partial charge on any atom is -0.480 e. The smallest absolute Gasteiger partial charge is 0.328 e. The van der Waals surface area contributed by atoms with Gasteiger partial charge < -0.3 is 54.0 Å². The Labute approximate surface area is 287 Å². The number of hydrogen-bond acceptors (Lipinski definition) is 10. The number of aliphatic carboxylic acids is 1. The van der Waals surface area contributed by atoms with E-state index in [1.54, 1.807) is 13.8 Å². The molecule has 0 aliphatic rings. The fourth-order valence-electron chi connectivity index (χ4n) is 4.46. The fraction of sp³-hybridized carbons (Fsp3) is 0.767. The molecule has 0 radical (unpaired) electrons. The third-order valence-corrected chi connectivity index (χ3v) is 7.67. The monoisotopic (exact) mass is 703 g/mol. The van der Waals surface area contributed by atoms with Crippen LogP contribution in [0, 0.1) is 11.8 Å². The molecule has 0 bridgehead atoms. The summed E-state index contributed by atoms with van der Waals surface area (Å²) in [4.78, 5) is 81.1. The van der Waals surface area contributed by atoms with E-state index in [-0.39, 0.29) is 50.0 Å². The van der Waals surface area contributed by atoms with Crippen LogP contribution < -0.4 is 43.8 Å². The summed E-state index contributed by atoms with van der Waals surface area (Å²) in [6, 6.07) is -6.92. The van der Waals surface area contributed by atoms with Crippen LogP contribution in [0.5, 0.6) is 0 Å². The highest BCUT2D eigenvalue weighted by Gasteiger charge is 2.33. The lowest BCUT2D eigenvalue weighted by molar-refractivity contribution is -0.145. The summed E-state index contributed by atoms with van der Waals surface area (Å²) in [6.07, 6.45) is 1.48. The van der Waals surface area contributed by atoms with E-state index in [1.165, 1.54) is 25.6 Å². The molecule has 7 atom stereocenters. The van der Waals surface area contributed by atoms with Crippen LogP contribution in [0.2, 0.25) is 0 Å². The molecule has 0 rings (SSSR count). The van der Waals surface area contributed by atoms with Crippen molar-refractivity contribution in [1.29, 1.82) is 0 Å². The van der Waals surface area contributed by atoms with Crippen LogP contribution in [0.3, 0.4) is 0 Å². The summed E-state index contributed by atoms with van der Waals surface area (Å²) in [5.41, 5.74) is 16.7. The number of hydrogen-bond donors (Lipinski definition) is 10. The van der Waals surface area contributed by atoms with Crippen LogP contribution in [0.1, 0.15) is 73.6 Å². The number of amides is 5. The Hall–Kier alpha value is -3.64. The van der Waals surface area contributed by atoms with E-state index in [9.17, 15) is 39.0 Å². The Kier molecular flexibility index (Phi) is 21.1. The summed E-state index contributed by atoms with van der Waals surface area (Å²) in [7, 11) is 0. The van der Waals surface area contributed by atoms with Crippen molar-refractivity contribution in [2.45, 2.75) is 116 Å². The van der Waals surface area contributed by atoms with Crippen molar-refractivity contribution in [2.75, 3.05) is 18.6 Å². The van der Waals surface area contributed by atoms with Crippen LogP contribution >= 0.6 is 11.8 Å². The number of carboxylic acids is 1. The second kappa shape index (κ2) is 22.8. The Morgan fingerprint density at radius 2 is 1.21 bits per heavy atom. The first kappa shape index (κ1) is 44.4. The van der Waals surface area contributed by atoms with Gasteiger partial charge in [0.1, 0.15) is 24.2 Å². The number of aliphatic hydroxyl groups excluding tert-OH is 1. The molecular weight excluding hydrogens is 646 g/mol. The number of aliphatic hydroxyl groups is 1. The molecule has 13 N–H and O–H groups in total. The number of carboxylic acid groups (broad SMARTS) is 1. The molecule has 18 heteroatoms. The zero-order valence-corrected chi connectivity index (χ0v) is 29.9. The molecule has 0 aromatic carbocycles. The number of rotatable bonds is 23. The molecule has 0 aliphatic heterocycles. The van der Waals surface area contributed by atoms with Gasteiger partial charge in [0.25, 0.3) is 0 Å². The van der Waals surface area contributed by atoms with E-state index in [0.717, 1.165) is 0 Å². The summed E-state index contributed by atoms with van der Waals surface area (Å²) in [5.74, 6) is -4.47. The molecule has 0 aliphatic carbocycles. The minimum atomic E-state index is -1.60. The average molecular weight is 704 g/mol. The van der Waals surface area contributed by atoms with Crippen molar-refractivity contribution in [2.24, 2.45) is 34.0 Å². The van der Waals surface area contributed by atoms with Crippen LogP contribution in [0.4, 0.5) is 0 Å². The maximum atomic E-state index is 13.6. The summed E-state index contributed by atoms with van der Waals surface area (Å²) in [5, 5.41) is 31.9. The number of carbonyl (C=O) groups is 6. The SMILES string of the molecule is CSCC[C@H](NC(=O)[C@H](CCCN=C(N)N)NC(=O)[C@H](C)NC(=O)[C@@H](N)CC(C)C)C(=O)N[C@@H](CC(C)C)C(=O)N[C@H](C(=O)O)[C@@H](C)O. The van der Waals surface area contributed by atoms with E-state index in [1.807, 2.05) is 20.1 Å². The fourth-order valence-corrected chi connectivity index (χ4v) is 4.94. The predicted molar refractivity (Wildman–Crippen MR) is 184 cm³/mol. The standard InChI is InChI=1S/C30H57N9O8S/c1-15(2)13-19(31)25(42)35-17(5)24(41)36-20(9-8-11-34-30(32)33)26(43)37-21(10-12-48-7)27(44)38-22(14-16(3)4)28(45)39-23(18(6)40)29(46)47/h15-23,40H,8-14,31H2,1-7H3,(H,35,42)(H,36,41)(H,37,43)(H,38,44)(H,39,45)(H,46,47)(H4,32,33,34)/t17-,18+,19-,20-,21-,22-,23-/m0/s1. The highest BCUT2D eigenvalue weighted by Crippen LogP contribution is 2.10. The van der Waals surface area contributed by atoms with Gasteiger partial charge in [-0.25, -0.2) is 4.79 Å². The second-order valence-electron chi connectivity index (χ2n) is 12.6. The number of thioether (sulfide) groups is 1. The van der Waals surface area contributed by atoms with Gasteiger partial charge in [-0.05, 0) is 69.8 Å². The number of nitrogens with two attached hydrogens (primary N) is 3. The van der Waals surface area contributed by atoms with Crippen molar-refractivity contribution >= 4 is 53.2 Å². The van der Waals surface area contributed by atoms with E-state index in [0.29, 0.717) is 12.2 Å². The first-order valence-corrected chi connectivity index (χ1v) is 17.4. The molecule has 0 saturated carbocycles. The van der Waals surface area contributed by atoms with Crippen LogP contribution in [-0.2, 0) is 28.8 Å². The molecule has 0 spiro atoms. The maximum absolute atomic E-state index is 13.6. The predicted octanol–water partition coefficient (Wildman–Crippen LogP) is -1.88. The number of nitrogens with zero attached hydrogens (tertiary/aromatic N) is 1. The lowest BCUT2D eigenvalue weighted by Gasteiger charge is -2.27. The molecule has 0 aromatic heterocycles. The van der Waals surface area contributed by atoms with Gasteiger partial charge >= 0.3 is 5.97 Å². The zero-order chi connectivity index (χ0) is 37.1. The van der Waals surface area contributed by atoms with Gasteiger partial charge in [0.2, 0.25) is 29.5 Å². The second-order valence-corrected chi connectivity index (χ2v) is 13.6. The zero-order valence-electron chi connectivity index (χ0n) is 29.1. The minimum absolute atomic E-state index is 0.0764. The summed E-state index contributed by atoms with van der Waals surface area (Å²) in [6.45, 7) is 10.3. The lowest BCUT2D eigenvalue weighted by Crippen LogP contribution is -2.59. The topological polar surface area (TPSA) is 293 Å². The molecule has 0 fully saturated rings. The molecule has 276 valence electrons. The van der Waals surface area contributed by atoms with Crippen molar-refractivity contribution in [3.63, 3.8) is 0 Å². The first-order valence-electron chi connectivity index (χ1n) is 16.0. The maximum Gasteiger partial charge on any atom is 0.328 e. The van der Waals surface area contributed by atoms with Gasteiger partial charge in [-0.2, -0.15) is 11.8 Å². The van der Waals surface area contributed by atoms with Crippen molar-refractivity contribution in [3.05, 3.63) is 0 Å². The van der Waals surface area contributed by atoms with E-state index < -0.39 is 77.9 Å². The van der Waals surface area contributed by atoms with Gasteiger partial charge in [-0.3, -0.25) is 29.0 Å². The largest absolute Gasteiger partial charge is 0.480 e. The van der Waals surface area contributed by atoms with E-state index in [4.69, 9.17) is 17.2 Å². The van der Waals surface area contributed by atoms with Gasteiger partial charge in [-0.15, -0.1) is 0 Å². The molecule has 0 aromatic rings. The quantitative estimate of drug-likeness (QED) is 0.0318. The summed E-state index contributed by atoms with van der Waals surface area (Å²) < 4.78 is 0. The first-order chi connectivity index (χ1) is 22.3. The Balaban J connectivity index is 6.01. The van der Waals surface area contributed by atoms with Crippen molar-refractivity contribution < 1.29 is 39.0 Å². The van der Waals surface area contributed by atoms with E-state index >= 15 is 0 Å². The number of aliphatic imine (C=N–C) groups is 1. The third kappa shape index (κ3) is 18.1. The lowest BCUT2D eigenvalue weighted by atomic mass is 10.0. The normalized spacial score (nSPS) is 15.6. The van der Waals surface area contributed by atoms with Crippen LogP contribution in [0.25, 0.3) is 0 Å². The number of guanidine groups is 1. The molecule has 17 nitrogen and oxygen atoms in total. The average Bonchev–Trinajstić information content (AvgIpc) is 2.97. The van der Waals surface area contributed by atoms with Gasteiger partial charge in [0.05, 0.1) is 12.1 Å².